The van der Waals surface area contributed by atoms with Crippen molar-refractivity contribution in [2.24, 2.45) is 11.7 Å². The third-order valence-electron chi connectivity index (χ3n) is 4.34. The molecular weight excluding hydrogens is 324 g/mol. The van der Waals surface area contributed by atoms with Crippen LogP contribution in [0.2, 0.25) is 0 Å². The number of carboxylic acids is 1. The minimum Gasteiger partial charge on any atom is -0.481 e. The maximum absolute atomic E-state index is 11.2. The highest BCUT2D eigenvalue weighted by atomic mass is 16.4. The fraction of sp³-hybridized carbons (Fsp3) is 0.136. The fourth-order valence-corrected chi connectivity index (χ4v) is 2.94. The molecule has 3 aromatic rings. The van der Waals surface area contributed by atoms with Crippen molar-refractivity contribution in [2.45, 2.75) is 6.42 Å². The second kappa shape index (κ2) is 8.32. The van der Waals surface area contributed by atoms with E-state index in [0.29, 0.717) is 6.42 Å². The smallest absolute Gasteiger partial charge is 0.308 e. The van der Waals surface area contributed by atoms with E-state index in [1.165, 1.54) is 0 Å². The van der Waals surface area contributed by atoms with Crippen molar-refractivity contribution in [1.82, 2.24) is 0 Å². The predicted octanol–water partition coefficient (Wildman–Crippen LogP) is 4.36. The van der Waals surface area contributed by atoms with Gasteiger partial charge in [-0.25, -0.2) is 0 Å². The first kappa shape index (κ1) is 17.7. The first-order chi connectivity index (χ1) is 12.7. The van der Waals surface area contributed by atoms with Gasteiger partial charge in [-0.3, -0.25) is 4.79 Å². The molecule has 0 amide bonds. The van der Waals surface area contributed by atoms with Crippen molar-refractivity contribution in [1.29, 1.82) is 0 Å². The van der Waals surface area contributed by atoms with Gasteiger partial charge in [0.1, 0.15) is 0 Å². The zero-order chi connectivity index (χ0) is 18.4. The quantitative estimate of drug-likeness (QED) is 0.667. The van der Waals surface area contributed by atoms with E-state index in [1.807, 2.05) is 60.7 Å². The molecule has 0 saturated heterocycles. The molecule has 3 aromatic carbocycles. The second-order valence-corrected chi connectivity index (χ2v) is 6.15. The first-order valence-electron chi connectivity index (χ1n) is 8.61. The summed E-state index contributed by atoms with van der Waals surface area (Å²) >= 11 is 0. The summed E-state index contributed by atoms with van der Waals surface area (Å²) in [4.78, 5) is 13.4. The number of hydrogen-bond donors (Lipinski definition) is 2. The van der Waals surface area contributed by atoms with Crippen LogP contribution in [-0.2, 0) is 11.2 Å². The molecule has 0 bridgehead atoms. The average molecular weight is 346 g/mol. The summed E-state index contributed by atoms with van der Waals surface area (Å²) in [7, 11) is 0. The Bertz CT molecular complexity index is 794. The van der Waals surface area contributed by atoms with Crippen molar-refractivity contribution in [3.05, 3.63) is 90.5 Å². The molecule has 26 heavy (non-hydrogen) atoms. The van der Waals surface area contributed by atoms with Crippen LogP contribution in [0.4, 0.5) is 17.1 Å². The lowest BCUT2D eigenvalue weighted by molar-refractivity contribution is -0.141. The molecule has 0 aliphatic heterocycles. The van der Waals surface area contributed by atoms with E-state index in [9.17, 15) is 9.90 Å². The van der Waals surface area contributed by atoms with Crippen molar-refractivity contribution in [3.63, 3.8) is 0 Å². The summed E-state index contributed by atoms with van der Waals surface area (Å²) < 4.78 is 0. The van der Waals surface area contributed by atoms with Gasteiger partial charge >= 0.3 is 5.97 Å². The second-order valence-electron chi connectivity index (χ2n) is 6.15. The lowest BCUT2D eigenvalue weighted by atomic mass is 9.99. The first-order valence-corrected chi connectivity index (χ1v) is 8.61. The third-order valence-corrected chi connectivity index (χ3v) is 4.34. The van der Waals surface area contributed by atoms with Gasteiger partial charge < -0.3 is 15.7 Å². The number of nitrogens with zero attached hydrogens (tertiary/aromatic N) is 1. The molecule has 0 saturated carbocycles. The Balaban J connectivity index is 1.92. The number of carboxylic acid groups (broad SMARTS) is 1. The highest BCUT2D eigenvalue weighted by Crippen LogP contribution is 2.34. The average Bonchev–Trinajstić information content (AvgIpc) is 2.69. The molecule has 0 heterocycles. The molecule has 0 aliphatic rings. The minimum absolute atomic E-state index is 0.136. The predicted molar refractivity (Wildman–Crippen MR) is 105 cm³/mol. The van der Waals surface area contributed by atoms with Crippen LogP contribution in [0.3, 0.4) is 0 Å². The summed E-state index contributed by atoms with van der Waals surface area (Å²) in [5.41, 5.74) is 9.68. The molecule has 3 N–H and O–H groups in total. The van der Waals surface area contributed by atoms with Crippen LogP contribution in [0.15, 0.2) is 84.9 Å². The summed E-state index contributed by atoms with van der Waals surface area (Å²) in [6.07, 6.45) is 0.433. The zero-order valence-corrected chi connectivity index (χ0v) is 14.5. The van der Waals surface area contributed by atoms with Crippen LogP contribution in [0, 0.1) is 5.92 Å². The van der Waals surface area contributed by atoms with Crippen LogP contribution in [0.5, 0.6) is 0 Å². The number of aliphatic carboxylic acids is 1. The number of anilines is 3. The molecule has 0 aliphatic carbocycles. The van der Waals surface area contributed by atoms with Crippen molar-refractivity contribution in [3.8, 4) is 0 Å². The van der Waals surface area contributed by atoms with Crippen LogP contribution in [0.25, 0.3) is 0 Å². The number of rotatable bonds is 7. The van der Waals surface area contributed by atoms with Gasteiger partial charge in [0.25, 0.3) is 0 Å². The lowest BCUT2D eigenvalue weighted by Crippen LogP contribution is -2.25. The van der Waals surface area contributed by atoms with Gasteiger partial charge in [0.05, 0.1) is 5.92 Å². The summed E-state index contributed by atoms with van der Waals surface area (Å²) in [6.45, 7) is 0.136. The van der Waals surface area contributed by atoms with E-state index in [0.717, 1.165) is 22.6 Å². The molecule has 0 radical (unpaired) electrons. The summed E-state index contributed by atoms with van der Waals surface area (Å²) in [6, 6.07) is 28.3. The van der Waals surface area contributed by atoms with Crippen LogP contribution < -0.4 is 10.6 Å². The van der Waals surface area contributed by atoms with Crippen LogP contribution in [-0.4, -0.2) is 17.6 Å². The van der Waals surface area contributed by atoms with Gasteiger partial charge in [-0.15, -0.1) is 0 Å². The topological polar surface area (TPSA) is 66.6 Å². The van der Waals surface area contributed by atoms with E-state index in [1.54, 1.807) is 0 Å². The Kier molecular flexibility index (Phi) is 5.66. The van der Waals surface area contributed by atoms with Crippen LogP contribution >= 0.6 is 0 Å². The highest BCUT2D eigenvalue weighted by molar-refractivity contribution is 5.76. The number of nitrogens with two attached hydrogens (primary N) is 1. The van der Waals surface area contributed by atoms with Gasteiger partial charge in [-0.1, -0.05) is 48.5 Å². The van der Waals surface area contributed by atoms with Crippen molar-refractivity contribution < 1.29 is 9.90 Å². The van der Waals surface area contributed by atoms with E-state index in [2.05, 4.69) is 29.2 Å². The monoisotopic (exact) mass is 346 g/mol. The zero-order valence-electron chi connectivity index (χ0n) is 14.5. The molecule has 132 valence electrons. The van der Waals surface area contributed by atoms with Crippen molar-refractivity contribution >= 4 is 23.0 Å². The number of hydrogen-bond acceptors (Lipinski definition) is 3. The molecule has 3 rings (SSSR count). The number of para-hydroxylation sites is 2. The van der Waals surface area contributed by atoms with Gasteiger partial charge in [0.2, 0.25) is 0 Å². The van der Waals surface area contributed by atoms with Gasteiger partial charge in [-0.05, 0) is 48.4 Å². The minimum atomic E-state index is -0.855. The molecule has 1 atom stereocenters. The standard InChI is InChI=1S/C22H22N2O2/c23-16-18(22(25)26)15-17-11-13-21(14-12-17)24(19-7-3-1-4-8-19)20-9-5-2-6-10-20/h1-14,18H,15-16,23H2,(H,25,26). The Morgan fingerprint density at radius 2 is 1.27 bits per heavy atom. The van der Waals surface area contributed by atoms with Gasteiger partial charge in [0.15, 0.2) is 0 Å². The largest absolute Gasteiger partial charge is 0.481 e. The molecule has 0 fully saturated rings. The van der Waals surface area contributed by atoms with Gasteiger partial charge in [0, 0.05) is 23.6 Å². The number of carbonyl (C=O) groups is 1. The molecule has 4 heteroatoms. The number of benzene rings is 3. The SMILES string of the molecule is NCC(Cc1ccc(N(c2ccccc2)c2ccccc2)cc1)C(=O)O. The molecule has 0 spiro atoms. The van der Waals surface area contributed by atoms with Gasteiger partial charge in [-0.2, -0.15) is 0 Å². The Labute approximate surface area is 153 Å². The highest BCUT2D eigenvalue weighted by Gasteiger charge is 2.16. The van der Waals surface area contributed by atoms with E-state index < -0.39 is 11.9 Å². The maximum Gasteiger partial charge on any atom is 0.308 e. The summed E-state index contributed by atoms with van der Waals surface area (Å²) in [5.74, 6) is -1.41. The normalized spacial score (nSPS) is 11.7. The molecule has 4 nitrogen and oxygen atoms in total. The third kappa shape index (κ3) is 4.10. The maximum atomic E-state index is 11.2. The fourth-order valence-electron chi connectivity index (χ4n) is 2.94. The van der Waals surface area contributed by atoms with E-state index in [4.69, 9.17) is 5.73 Å². The van der Waals surface area contributed by atoms with Crippen LogP contribution in [0.1, 0.15) is 5.56 Å². The Hall–Kier alpha value is -3.11. The molecule has 0 aromatic heterocycles. The molecule has 1 unspecified atom stereocenters. The lowest BCUT2D eigenvalue weighted by Gasteiger charge is -2.25. The Morgan fingerprint density at radius 3 is 1.69 bits per heavy atom. The van der Waals surface area contributed by atoms with Crippen molar-refractivity contribution in [2.75, 3.05) is 11.4 Å². The summed E-state index contributed by atoms with van der Waals surface area (Å²) in [5, 5.41) is 9.19. The Morgan fingerprint density at radius 1 is 0.808 bits per heavy atom. The molecular formula is C22H22N2O2. The van der Waals surface area contributed by atoms with E-state index in [-0.39, 0.29) is 6.54 Å². The van der Waals surface area contributed by atoms with E-state index >= 15 is 0 Å².